The third-order valence-corrected chi connectivity index (χ3v) is 4.20. The zero-order valence-electron chi connectivity index (χ0n) is 11.8. The van der Waals surface area contributed by atoms with Crippen molar-refractivity contribution >= 4 is 0 Å². The Morgan fingerprint density at radius 3 is 2.55 bits per heavy atom. The zero-order valence-corrected chi connectivity index (χ0v) is 11.8. The van der Waals surface area contributed by atoms with Crippen molar-refractivity contribution in [1.29, 1.82) is 0 Å². The van der Waals surface area contributed by atoms with E-state index >= 15 is 0 Å². The smallest absolute Gasteiger partial charge is 0.120 e. The van der Waals surface area contributed by atoms with Gasteiger partial charge >= 0.3 is 0 Å². The van der Waals surface area contributed by atoms with Gasteiger partial charge in [-0.1, -0.05) is 29.8 Å². The molecule has 2 N–H and O–H groups in total. The van der Waals surface area contributed by atoms with Crippen molar-refractivity contribution in [3.63, 3.8) is 0 Å². The number of aromatic nitrogens is 2. The van der Waals surface area contributed by atoms with Gasteiger partial charge in [0.25, 0.3) is 0 Å². The van der Waals surface area contributed by atoms with E-state index in [0.29, 0.717) is 0 Å². The molecule has 1 saturated heterocycles. The van der Waals surface area contributed by atoms with Gasteiger partial charge < -0.3 is 10.1 Å². The first-order chi connectivity index (χ1) is 9.66. The molecular formula is C16H21N3O. The van der Waals surface area contributed by atoms with Gasteiger partial charge in [-0.3, -0.25) is 4.90 Å². The Labute approximate surface area is 119 Å². The monoisotopic (exact) mass is 271 g/mol. The fourth-order valence-corrected chi connectivity index (χ4v) is 2.83. The summed E-state index contributed by atoms with van der Waals surface area (Å²) >= 11 is 0. The third-order valence-electron chi connectivity index (χ3n) is 4.20. The summed E-state index contributed by atoms with van der Waals surface area (Å²) in [7, 11) is 0. The quantitative estimate of drug-likeness (QED) is 0.900. The molecule has 0 spiro atoms. The molecule has 0 atom stereocenters. The second kappa shape index (κ2) is 5.38. The minimum Gasteiger partial charge on any atom is -0.385 e. The molecule has 0 bridgehead atoms. The number of nitrogens with zero attached hydrogens (tertiary/aromatic N) is 2. The number of rotatable bonds is 3. The van der Waals surface area contributed by atoms with Crippen LogP contribution >= 0.6 is 0 Å². The van der Waals surface area contributed by atoms with Crippen molar-refractivity contribution in [3.8, 4) is 0 Å². The van der Waals surface area contributed by atoms with E-state index in [2.05, 4.69) is 46.1 Å². The number of aromatic amines is 1. The first-order valence-corrected chi connectivity index (χ1v) is 7.16. The van der Waals surface area contributed by atoms with Gasteiger partial charge in [0.2, 0.25) is 0 Å². The predicted molar refractivity (Wildman–Crippen MR) is 78.2 cm³/mol. The SMILES string of the molecule is Cc1ccc(C2(O)CCN(Cc3ncc[nH]3)CC2)cc1. The molecule has 1 aromatic heterocycles. The summed E-state index contributed by atoms with van der Waals surface area (Å²) in [6.45, 7) is 4.69. The maximum atomic E-state index is 10.8. The fourth-order valence-electron chi connectivity index (χ4n) is 2.83. The lowest BCUT2D eigenvalue weighted by Crippen LogP contribution is -2.42. The molecule has 20 heavy (non-hydrogen) atoms. The van der Waals surface area contributed by atoms with Crippen LogP contribution in [0.4, 0.5) is 0 Å². The molecule has 1 aliphatic rings. The summed E-state index contributed by atoms with van der Waals surface area (Å²) in [6, 6.07) is 8.25. The molecule has 0 amide bonds. The van der Waals surface area contributed by atoms with E-state index < -0.39 is 5.60 Å². The number of aryl methyl sites for hydroxylation is 1. The molecule has 0 radical (unpaired) electrons. The molecule has 4 nitrogen and oxygen atoms in total. The lowest BCUT2D eigenvalue weighted by molar-refractivity contribution is -0.0281. The number of imidazole rings is 1. The topological polar surface area (TPSA) is 52.1 Å². The maximum Gasteiger partial charge on any atom is 0.120 e. The molecule has 1 fully saturated rings. The molecule has 0 saturated carbocycles. The average Bonchev–Trinajstić information content (AvgIpc) is 2.95. The maximum absolute atomic E-state index is 10.8. The lowest BCUT2D eigenvalue weighted by Gasteiger charge is -2.38. The van der Waals surface area contributed by atoms with Crippen molar-refractivity contribution < 1.29 is 5.11 Å². The van der Waals surface area contributed by atoms with Crippen LogP contribution in [0.1, 0.15) is 29.8 Å². The number of benzene rings is 1. The van der Waals surface area contributed by atoms with Crippen molar-refractivity contribution in [1.82, 2.24) is 14.9 Å². The van der Waals surface area contributed by atoms with Gasteiger partial charge in [-0.2, -0.15) is 0 Å². The van der Waals surface area contributed by atoms with Crippen LogP contribution in [0.25, 0.3) is 0 Å². The molecule has 2 aromatic rings. The van der Waals surface area contributed by atoms with Crippen LogP contribution in [0.2, 0.25) is 0 Å². The molecular weight excluding hydrogens is 250 g/mol. The van der Waals surface area contributed by atoms with Crippen molar-refractivity contribution in [2.45, 2.75) is 31.9 Å². The highest BCUT2D eigenvalue weighted by Crippen LogP contribution is 2.33. The van der Waals surface area contributed by atoms with Crippen LogP contribution < -0.4 is 0 Å². The minimum absolute atomic E-state index is 0.673. The predicted octanol–water partition coefficient (Wildman–Crippen LogP) is 2.20. The average molecular weight is 271 g/mol. The Hall–Kier alpha value is -1.65. The molecule has 106 valence electrons. The van der Waals surface area contributed by atoms with Gasteiger partial charge in [0, 0.05) is 25.5 Å². The largest absolute Gasteiger partial charge is 0.385 e. The lowest BCUT2D eigenvalue weighted by atomic mass is 9.84. The molecule has 4 heteroatoms. The summed E-state index contributed by atoms with van der Waals surface area (Å²) in [5, 5.41) is 10.8. The Bertz CT molecular complexity index is 540. The summed E-state index contributed by atoms with van der Waals surface area (Å²) in [5.74, 6) is 0.991. The molecule has 1 aliphatic heterocycles. The van der Waals surface area contributed by atoms with Crippen LogP contribution in [-0.4, -0.2) is 33.1 Å². The van der Waals surface area contributed by atoms with Crippen LogP contribution in [0, 0.1) is 6.92 Å². The van der Waals surface area contributed by atoms with Crippen molar-refractivity contribution in [2.75, 3.05) is 13.1 Å². The zero-order chi connectivity index (χ0) is 14.0. The highest BCUT2D eigenvalue weighted by molar-refractivity contribution is 5.27. The van der Waals surface area contributed by atoms with Crippen LogP contribution in [0.15, 0.2) is 36.7 Å². The first-order valence-electron chi connectivity index (χ1n) is 7.16. The highest BCUT2D eigenvalue weighted by atomic mass is 16.3. The van der Waals surface area contributed by atoms with Crippen LogP contribution in [0.5, 0.6) is 0 Å². The van der Waals surface area contributed by atoms with Gasteiger partial charge in [0.05, 0.1) is 12.1 Å². The normalized spacial score (nSPS) is 19.1. The fraction of sp³-hybridized carbons (Fsp3) is 0.438. The third kappa shape index (κ3) is 2.76. The number of aliphatic hydroxyl groups is 1. The van der Waals surface area contributed by atoms with E-state index in [4.69, 9.17) is 0 Å². The second-order valence-corrected chi connectivity index (χ2v) is 5.71. The van der Waals surface area contributed by atoms with E-state index in [1.165, 1.54) is 5.56 Å². The summed E-state index contributed by atoms with van der Waals surface area (Å²) < 4.78 is 0. The van der Waals surface area contributed by atoms with E-state index in [1.54, 1.807) is 6.20 Å². The Morgan fingerprint density at radius 1 is 1.25 bits per heavy atom. The van der Waals surface area contributed by atoms with Gasteiger partial charge in [0.15, 0.2) is 0 Å². The van der Waals surface area contributed by atoms with Gasteiger partial charge in [0.1, 0.15) is 5.82 Å². The van der Waals surface area contributed by atoms with Gasteiger partial charge in [-0.05, 0) is 25.3 Å². The van der Waals surface area contributed by atoms with Gasteiger partial charge in [-0.25, -0.2) is 4.98 Å². The summed E-state index contributed by atoms with van der Waals surface area (Å²) in [4.78, 5) is 9.72. The Kier molecular flexibility index (Phi) is 3.59. The number of H-pyrrole nitrogens is 1. The highest BCUT2D eigenvalue weighted by Gasteiger charge is 2.33. The van der Waals surface area contributed by atoms with E-state index in [-0.39, 0.29) is 0 Å². The molecule has 3 rings (SSSR count). The minimum atomic E-state index is -0.673. The molecule has 0 unspecified atom stereocenters. The molecule has 2 heterocycles. The van der Waals surface area contributed by atoms with E-state index in [9.17, 15) is 5.11 Å². The Balaban J connectivity index is 1.63. The number of hydrogen-bond donors (Lipinski definition) is 2. The second-order valence-electron chi connectivity index (χ2n) is 5.71. The number of likely N-dealkylation sites (tertiary alicyclic amines) is 1. The molecule has 0 aliphatic carbocycles. The summed E-state index contributed by atoms with van der Waals surface area (Å²) in [5.41, 5.74) is 1.60. The van der Waals surface area contributed by atoms with E-state index in [0.717, 1.165) is 43.9 Å². The number of nitrogens with one attached hydrogen (secondary N) is 1. The molecule has 1 aromatic carbocycles. The van der Waals surface area contributed by atoms with Gasteiger partial charge in [-0.15, -0.1) is 0 Å². The van der Waals surface area contributed by atoms with Crippen molar-refractivity contribution in [2.24, 2.45) is 0 Å². The van der Waals surface area contributed by atoms with Crippen LogP contribution in [0.3, 0.4) is 0 Å². The van der Waals surface area contributed by atoms with E-state index in [1.807, 2.05) is 6.20 Å². The number of hydrogen-bond acceptors (Lipinski definition) is 3. The Morgan fingerprint density at radius 2 is 1.95 bits per heavy atom. The first kappa shape index (κ1) is 13.3. The standard InChI is InChI=1S/C16H21N3O/c1-13-2-4-14(5-3-13)16(20)6-10-19(11-7-16)12-15-17-8-9-18-15/h2-5,8-9,20H,6-7,10-12H2,1H3,(H,17,18). The van der Waals surface area contributed by atoms with Crippen molar-refractivity contribution in [3.05, 3.63) is 53.6 Å². The van der Waals surface area contributed by atoms with Crippen LogP contribution in [-0.2, 0) is 12.1 Å². The number of piperidine rings is 1. The summed E-state index contributed by atoms with van der Waals surface area (Å²) in [6.07, 6.45) is 5.18.